The second-order valence-electron chi connectivity index (χ2n) is 6.47. The summed E-state index contributed by atoms with van der Waals surface area (Å²) in [7, 11) is 0. The zero-order valence-electron chi connectivity index (χ0n) is 13.2. The van der Waals surface area contributed by atoms with Gasteiger partial charge in [-0.1, -0.05) is 33.6 Å². The summed E-state index contributed by atoms with van der Waals surface area (Å²) in [5, 5.41) is 13.5. The van der Waals surface area contributed by atoms with Crippen molar-refractivity contribution in [1.29, 1.82) is 0 Å². The number of rotatable bonds is 10. The number of hydrogen-bond acceptors (Lipinski definition) is 3. The van der Waals surface area contributed by atoms with Crippen molar-refractivity contribution in [3.05, 3.63) is 0 Å². The topological polar surface area (TPSA) is 35.5 Å². The Morgan fingerprint density at radius 3 is 2.53 bits per heavy atom. The zero-order chi connectivity index (χ0) is 14.1. The molecule has 0 aromatic rings. The van der Waals surface area contributed by atoms with Crippen LogP contribution in [0.15, 0.2) is 0 Å². The molecule has 0 heterocycles. The fraction of sp³-hybridized carbons (Fsp3) is 1.00. The van der Waals surface area contributed by atoms with Gasteiger partial charge in [0.25, 0.3) is 0 Å². The third-order valence-electron chi connectivity index (χ3n) is 4.09. The van der Waals surface area contributed by atoms with Crippen LogP contribution in [0, 0.1) is 5.92 Å². The summed E-state index contributed by atoms with van der Waals surface area (Å²) in [5.74, 6) is 0.749. The Bertz CT molecular complexity index is 215. The smallest absolute Gasteiger partial charge is 0.0791 e. The predicted octanol–water partition coefficient (Wildman–Crippen LogP) is 2.64. The Balaban J connectivity index is 2.34. The summed E-state index contributed by atoms with van der Waals surface area (Å²) in [6.07, 6.45) is 7.54. The van der Waals surface area contributed by atoms with Crippen molar-refractivity contribution in [2.45, 2.75) is 71.4 Å². The fourth-order valence-electron chi connectivity index (χ4n) is 2.90. The molecule has 1 aliphatic carbocycles. The van der Waals surface area contributed by atoms with Gasteiger partial charge >= 0.3 is 0 Å². The molecule has 1 rings (SSSR count). The first-order valence-corrected chi connectivity index (χ1v) is 8.26. The monoisotopic (exact) mass is 270 g/mol. The van der Waals surface area contributed by atoms with Gasteiger partial charge in [0.1, 0.15) is 0 Å². The first-order valence-electron chi connectivity index (χ1n) is 8.26. The largest absolute Gasteiger partial charge is 0.390 e. The lowest BCUT2D eigenvalue weighted by Crippen LogP contribution is -2.43. The van der Waals surface area contributed by atoms with Crippen LogP contribution < -0.4 is 5.32 Å². The third kappa shape index (κ3) is 7.28. The summed E-state index contributed by atoms with van der Waals surface area (Å²) in [4.78, 5) is 2.55. The minimum atomic E-state index is -0.223. The van der Waals surface area contributed by atoms with Gasteiger partial charge in [0, 0.05) is 19.1 Å². The lowest BCUT2D eigenvalue weighted by molar-refractivity contribution is 0.0839. The van der Waals surface area contributed by atoms with E-state index in [0.717, 1.165) is 44.6 Å². The Morgan fingerprint density at radius 2 is 1.95 bits per heavy atom. The van der Waals surface area contributed by atoms with Gasteiger partial charge in [0.2, 0.25) is 0 Å². The van der Waals surface area contributed by atoms with Crippen LogP contribution in [0.25, 0.3) is 0 Å². The number of hydrogen-bond donors (Lipinski definition) is 2. The van der Waals surface area contributed by atoms with Crippen molar-refractivity contribution in [3.63, 3.8) is 0 Å². The van der Waals surface area contributed by atoms with Crippen molar-refractivity contribution in [1.82, 2.24) is 10.2 Å². The van der Waals surface area contributed by atoms with Gasteiger partial charge in [-0.2, -0.15) is 0 Å². The summed E-state index contributed by atoms with van der Waals surface area (Å²) in [6, 6.07) is 0.722. The summed E-state index contributed by atoms with van der Waals surface area (Å²) in [5.41, 5.74) is 0. The van der Waals surface area contributed by atoms with E-state index in [9.17, 15) is 5.11 Å². The van der Waals surface area contributed by atoms with Gasteiger partial charge < -0.3 is 10.4 Å². The molecule has 19 heavy (non-hydrogen) atoms. The average molecular weight is 270 g/mol. The van der Waals surface area contributed by atoms with Crippen molar-refractivity contribution in [3.8, 4) is 0 Å². The van der Waals surface area contributed by atoms with Gasteiger partial charge in [-0.05, 0) is 44.7 Å². The van der Waals surface area contributed by atoms with E-state index >= 15 is 0 Å². The molecule has 0 saturated heterocycles. The molecule has 0 amide bonds. The summed E-state index contributed by atoms with van der Waals surface area (Å²) < 4.78 is 0. The Kier molecular flexibility index (Phi) is 8.67. The number of nitrogens with zero attached hydrogens (tertiary/aromatic N) is 1. The molecule has 0 aliphatic heterocycles. The van der Waals surface area contributed by atoms with Crippen molar-refractivity contribution >= 4 is 0 Å². The van der Waals surface area contributed by atoms with E-state index in [1.807, 2.05) is 0 Å². The predicted molar refractivity (Wildman–Crippen MR) is 82.5 cm³/mol. The van der Waals surface area contributed by atoms with Crippen molar-refractivity contribution < 1.29 is 5.11 Å². The van der Waals surface area contributed by atoms with E-state index < -0.39 is 0 Å². The molecule has 2 N–H and O–H groups in total. The van der Waals surface area contributed by atoms with Crippen molar-refractivity contribution in [2.24, 2.45) is 5.92 Å². The molecule has 1 unspecified atom stereocenters. The molecule has 0 radical (unpaired) electrons. The SMILES string of the molecule is CCCNCC(O)CN(CCC(C)C)C1CCCC1. The first kappa shape index (κ1) is 16.9. The molecule has 0 bridgehead atoms. The molecular formula is C16H34N2O. The number of aliphatic hydroxyl groups excluding tert-OH is 1. The minimum Gasteiger partial charge on any atom is -0.390 e. The summed E-state index contributed by atoms with van der Waals surface area (Å²) >= 11 is 0. The van der Waals surface area contributed by atoms with E-state index in [1.165, 1.54) is 32.1 Å². The summed E-state index contributed by atoms with van der Waals surface area (Å²) in [6.45, 7) is 10.5. The molecule has 0 aromatic heterocycles. The van der Waals surface area contributed by atoms with Gasteiger partial charge in [0.15, 0.2) is 0 Å². The third-order valence-corrected chi connectivity index (χ3v) is 4.09. The van der Waals surface area contributed by atoms with Crippen LogP contribution in [0.4, 0.5) is 0 Å². The quantitative estimate of drug-likeness (QED) is 0.599. The van der Waals surface area contributed by atoms with Gasteiger partial charge in [0.05, 0.1) is 6.10 Å². The molecule has 3 nitrogen and oxygen atoms in total. The maximum absolute atomic E-state index is 10.2. The number of aliphatic hydroxyl groups is 1. The lowest BCUT2D eigenvalue weighted by atomic mass is 10.1. The molecule has 1 aliphatic rings. The van der Waals surface area contributed by atoms with Gasteiger partial charge in [-0.3, -0.25) is 4.90 Å². The van der Waals surface area contributed by atoms with Crippen LogP contribution in [0.2, 0.25) is 0 Å². The average Bonchev–Trinajstić information content (AvgIpc) is 2.88. The highest BCUT2D eigenvalue weighted by atomic mass is 16.3. The van der Waals surface area contributed by atoms with E-state index in [0.29, 0.717) is 0 Å². The Hall–Kier alpha value is -0.120. The van der Waals surface area contributed by atoms with Gasteiger partial charge in [-0.15, -0.1) is 0 Å². The fourth-order valence-corrected chi connectivity index (χ4v) is 2.90. The van der Waals surface area contributed by atoms with E-state index in [1.54, 1.807) is 0 Å². The highest BCUT2D eigenvalue weighted by molar-refractivity contribution is 4.80. The molecular weight excluding hydrogens is 236 g/mol. The standard InChI is InChI=1S/C16H34N2O/c1-4-10-17-12-16(19)13-18(11-9-14(2)3)15-7-5-6-8-15/h14-17,19H,4-13H2,1-3H3. The van der Waals surface area contributed by atoms with Crippen LogP contribution in [0.3, 0.4) is 0 Å². The molecule has 3 heteroatoms. The van der Waals surface area contributed by atoms with E-state index in [-0.39, 0.29) is 6.10 Å². The second-order valence-corrected chi connectivity index (χ2v) is 6.47. The van der Waals surface area contributed by atoms with Crippen LogP contribution in [0.5, 0.6) is 0 Å². The number of nitrogens with one attached hydrogen (secondary N) is 1. The molecule has 1 fully saturated rings. The molecule has 0 aromatic carbocycles. The minimum absolute atomic E-state index is 0.223. The normalized spacial score (nSPS) is 18.6. The lowest BCUT2D eigenvalue weighted by Gasteiger charge is -2.31. The van der Waals surface area contributed by atoms with Crippen LogP contribution in [0.1, 0.15) is 59.3 Å². The maximum atomic E-state index is 10.2. The Morgan fingerprint density at radius 1 is 1.26 bits per heavy atom. The molecule has 1 saturated carbocycles. The van der Waals surface area contributed by atoms with Crippen LogP contribution in [-0.4, -0.2) is 48.3 Å². The first-order chi connectivity index (χ1) is 9.13. The highest BCUT2D eigenvalue weighted by Gasteiger charge is 2.24. The van der Waals surface area contributed by atoms with Gasteiger partial charge in [-0.25, -0.2) is 0 Å². The molecule has 1 atom stereocenters. The highest BCUT2D eigenvalue weighted by Crippen LogP contribution is 2.24. The van der Waals surface area contributed by atoms with Crippen LogP contribution in [-0.2, 0) is 0 Å². The molecule has 114 valence electrons. The second kappa shape index (κ2) is 9.73. The van der Waals surface area contributed by atoms with E-state index in [2.05, 4.69) is 31.0 Å². The van der Waals surface area contributed by atoms with Crippen molar-refractivity contribution in [2.75, 3.05) is 26.2 Å². The maximum Gasteiger partial charge on any atom is 0.0791 e. The molecule has 0 spiro atoms. The Labute approximate surface area is 119 Å². The van der Waals surface area contributed by atoms with E-state index in [4.69, 9.17) is 0 Å². The van der Waals surface area contributed by atoms with Crippen LogP contribution >= 0.6 is 0 Å². The zero-order valence-corrected chi connectivity index (χ0v) is 13.2.